The van der Waals surface area contributed by atoms with Crippen LogP contribution in [-0.2, 0) is 5.75 Å². The Morgan fingerprint density at radius 1 is 1.43 bits per heavy atom. The number of rotatable bonds is 5. The molecule has 0 bridgehead atoms. The van der Waals surface area contributed by atoms with Crippen LogP contribution in [0.3, 0.4) is 0 Å². The lowest BCUT2D eigenvalue weighted by molar-refractivity contribution is 0.597. The number of nitrogens with zero attached hydrogens (tertiary/aromatic N) is 2. The van der Waals surface area contributed by atoms with E-state index in [-0.39, 0.29) is 18.0 Å². The molecule has 5 nitrogen and oxygen atoms in total. The number of aromatic nitrogens is 2. The van der Waals surface area contributed by atoms with Crippen molar-refractivity contribution in [2.24, 2.45) is 16.6 Å². The second-order valence-electron chi connectivity index (χ2n) is 5.67. The van der Waals surface area contributed by atoms with E-state index in [2.05, 4.69) is 28.8 Å². The van der Waals surface area contributed by atoms with Crippen LogP contribution in [0, 0.1) is 12.8 Å². The molecule has 126 valence electrons. The quantitative estimate of drug-likeness (QED) is 0.637. The SMILES string of the molecule is Cc1cccc2c(=O)[nH]c(CSC(N)=NCCC(C)C)nc12.Cl. The molecule has 0 saturated carbocycles. The van der Waals surface area contributed by atoms with Gasteiger partial charge in [0.2, 0.25) is 0 Å². The minimum atomic E-state index is -0.111. The molecule has 3 N–H and O–H groups in total. The number of benzene rings is 1. The number of fused-ring (bicyclic) bond motifs is 1. The molecule has 0 aliphatic heterocycles. The van der Waals surface area contributed by atoms with Crippen LogP contribution in [-0.4, -0.2) is 21.7 Å². The predicted octanol–water partition coefficient (Wildman–Crippen LogP) is 3.25. The van der Waals surface area contributed by atoms with Crippen molar-refractivity contribution in [1.29, 1.82) is 0 Å². The number of aryl methyl sites for hydroxylation is 1. The summed E-state index contributed by atoms with van der Waals surface area (Å²) in [6.45, 7) is 7.00. The number of para-hydroxylation sites is 1. The standard InChI is InChI=1S/C16H22N4OS.ClH/c1-10(2)7-8-18-16(17)22-9-13-19-14-11(3)5-4-6-12(14)15(21)20-13;/h4-6,10H,7-9H2,1-3H3,(H2,17,18)(H,19,20,21);1H. The highest BCUT2D eigenvalue weighted by atomic mass is 35.5. The van der Waals surface area contributed by atoms with Crippen molar-refractivity contribution < 1.29 is 0 Å². The Bertz CT molecular complexity index is 742. The molecule has 0 unspecified atom stereocenters. The maximum Gasteiger partial charge on any atom is 0.258 e. The number of amidine groups is 1. The number of thioether (sulfide) groups is 1. The molecule has 23 heavy (non-hydrogen) atoms. The molecular formula is C16H23ClN4OS. The van der Waals surface area contributed by atoms with E-state index in [1.807, 2.05) is 19.1 Å². The number of aliphatic imine (C=N–C) groups is 1. The maximum atomic E-state index is 12.1. The first-order chi connectivity index (χ1) is 10.5. The van der Waals surface area contributed by atoms with Gasteiger partial charge < -0.3 is 10.7 Å². The molecule has 0 aliphatic carbocycles. The summed E-state index contributed by atoms with van der Waals surface area (Å²) in [4.78, 5) is 23.7. The van der Waals surface area contributed by atoms with E-state index in [1.54, 1.807) is 6.07 Å². The summed E-state index contributed by atoms with van der Waals surface area (Å²) in [6.07, 6.45) is 1.02. The number of nitrogens with two attached hydrogens (primary N) is 1. The molecule has 1 heterocycles. The van der Waals surface area contributed by atoms with Gasteiger partial charge in [0.1, 0.15) is 5.82 Å². The average Bonchev–Trinajstić information content (AvgIpc) is 2.46. The predicted molar refractivity (Wildman–Crippen MR) is 102 cm³/mol. The molecule has 2 aromatic rings. The topological polar surface area (TPSA) is 84.1 Å². The summed E-state index contributed by atoms with van der Waals surface area (Å²) in [6, 6.07) is 5.60. The summed E-state index contributed by atoms with van der Waals surface area (Å²) >= 11 is 1.40. The molecule has 0 radical (unpaired) electrons. The van der Waals surface area contributed by atoms with E-state index in [1.165, 1.54) is 11.8 Å². The largest absolute Gasteiger partial charge is 0.379 e. The van der Waals surface area contributed by atoms with Gasteiger partial charge in [0.15, 0.2) is 5.17 Å². The lowest BCUT2D eigenvalue weighted by Gasteiger charge is -2.05. The summed E-state index contributed by atoms with van der Waals surface area (Å²) < 4.78 is 0. The molecule has 0 atom stereocenters. The highest BCUT2D eigenvalue weighted by molar-refractivity contribution is 8.13. The molecule has 0 aliphatic rings. The van der Waals surface area contributed by atoms with E-state index >= 15 is 0 Å². The van der Waals surface area contributed by atoms with Crippen LogP contribution in [0.15, 0.2) is 28.0 Å². The van der Waals surface area contributed by atoms with Gasteiger partial charge in [-0.3, -0.25) is 9.79 Å². The lowest BCUT2D eigenvalue weighted by atomic mass is 10.1. The number of H-pyrrole nitrogens is 1. The second-order valence-corrected chi connectivity index (χ2v) is 6.67. The summed E-state index contributed by atoms with van der Waals surface area (Å²) in [5.74, 6) is 1.75. The van der Waals surface area contributed by atoms with Crippen molar-refractivity contribution in [2.45, 2.75) is 32.9 Å². The van der Waals surface area contributed by atoms with Crippen LogP contribution >= 0.6 is 24.2 Å². The smallest absolute Gasteiger partial charge is 0.258 e. The van der Waals surface area contributed by atoms with Gasteiger partial charge in [0.05, 0.1) is 16.7 Å². The zero-order valence-corrected chi connectivity index (χ0v) is 15.3. The number of hydrogen-bond acceptors (Lipinski definition) is 4. The van der Waals surface area contributed by atoms with E-state index in [4.69, 9.17) is 5.73 Å². The molecule has 1 aromatic heterocycles. The van der Waals surface area contributed by atoms with Crippen molar-refractivity contribution in [3.8, 4) is 0 Å². The van der Waals surface area contributed by atoms with Crippen LogP contribution in [0.2, 0.25) is 0 Å². The van der Waals surface area contributed by atoms with E-state index < -0.39 is 0 Å². The Balaban J connectivity index is 0.00000264. The van der Waals surface area contributed by atoms with Crippen LogP contribution in [0.1, 0.15) is 31.7 Å². The normalized spacial score (nSPS) is 11.7. The third-order valence-corrected chi connectivity index (χ3v) is 4.16. The van der Waals surface area contributed by atoms with Crippen LogP contribution in [0.5, 0.6) is 0 Å². The highest BCUT2D eigenvalue weighted by Gasteiger charge is 2.06. The first-order valence-corrected chi connectivity index (χ1v) is 8.37. The van der Waals surface area contributed by atoms with Crippen LogP contribution in [0.25, 0.3) is 10.9 Å². The van der Waals surface area contributed by atoms with E-state index in [9.17, 15) is 4.79 Å². The van der Waals surface area contributed by atoms with Gasteiger partial charge in [-0.1, -0.05) is 37.7 Å². The number of aromatic amines is 1. The lowest BCUT2D eigenvalue weighted by Crippen LogP contribution is -2.14. The first kappa shape index (κ1) is 19.5. The van der Waals surface area contributed by atoms with Gasteiger partial charge in [0.25, 0.3) is 5.56 Å². The van der Waals surface area contributed by atoms with Gasteiger partial charge in [-0.05, 0) is 30.9 Å². The summed E-state index contributed by atoms with van der Waals surface area (Å²) in [5, 5.41) is 1.15. The van der Waals surface area contributed by atoms with Crippen LogP contribution < -0.4 is 11.3 Å². The van der Waals surface area contributed by atoms with Crippen molar-refractivity contribution >= 4 is 40.2 Å². The summed E-state index contributed by atoms with van der Waals surface area (Å²) in [5.41, 5.74) is 7.51. The average molecular weight is 355 g/mol. The van der Waals surface area contributed by atoms with Crippen LogP contribution in [0.4, 0.5) is 0 Å². The third kappa shape index (κ3) is 5.55. The van der Waals surface area contributed by atoms with Gasteiger partial charge in [-0.15, -0.1) is 12.4 Å². The fourth-order valence-corrected chi connectivity index (χ4v) is 2.65. The minimum absolute atomic E-state index is 0. The first-order valence-electron chi connectivity index (χ1n) is 7.38. The third-order valence-electron chi connectivity index (χ3n) is 3.32. The van der Waals surface area contributed by atoms with Gasteiger partial charge in [0, 0.05) is 6.54 Å². The highest BCUT2D eigenvalue weighted by Crippen LogP contribution is 2.14. The van der Waals surface area contributed by atoms with Gasteiger partial charge in [-0.2, -0.15) is 0 Å². The Labute approximate surface area is 146 Å². The van der Waals surface area contributed by atoms with Crippen molar-refractivity contribution in [2.75, 3.05) is 6.54 Å². The van der Waals surface area contributed by atoms with Crippen molar-refractivity contribution in [3.05, 3.63) is 39.9 Å². The van der Waals surface area contributed by atoms with E-state index in [0.717, 1.165) is 24.0 Å². The Morgan fingerprint density at radius 3 is 2.87 bits per heavy atom. The fraction of sp³-hybridized carbons (Fsp3) is 0.438. The molecule has 1 aromatic carbocycles. The zero-order valence-electron chi connectivity index (χ0n) is 13.6. The van der Waals surface area contributed by atoms with Crippen molar-refractivity contribution in [1.82, 2.24) is 9.97 Å². The molecule has 7 heteroatoms. The van der Waals surface area contributed by atoms with Gasteiger partial charge >= 0.3 is 0 Å². The maximum absolute atomic E-state index is 12.1. The minimum Gasteiger partial charge on any atom is -0.379 e. The Hall–Kier alpha value is -1.53. The summed E-state index contributed by atoms with van der Waals surface area (Å²) in [7, 11) is 0. The second kappa shape index (κ2) is 8.93. The van der Waals surface area contributed by atoms with Crippen molar-refractivity contribution in [3.63, 3.8) is 0 Å². The zero-order chi connectivity index (χ0) is 16.1. The Kier molecular flexibility index (Phi) is 7.58. The molecule has 0 fully saturated rings. The van der Waals surface area contributed by atoms with Gasteiger partial charge in [-0.25, -0.2) is 4.98 Å². The molecule has 0 saturated heterocycles. The molecule has 0 amide bonds. The number of nitrogens with one attached hydrogen (secondary N) is 1. The van der Waals surface area contributed by atoms with E-state index in [0.29, 0.717) is 28.0 Å². The molecule has 2 rings (SSSR count). The fourth-order valence-electron chi connectivity index (χ4n) is 2.04. The monoisotopic (exact) mass is 354 g/mol. The number of hydrogen-bond donors (Lipinski definition) is 2. The Morgan fingerprint density at radius 2 is 2.17 bits per heavy atom. The molecule has 0 spiro atoms. The molecular weight excluding hydrogens is 332 g/mol. The number of halogens is 1.